The summed E-state index contributed by atoms with van der Waals surface area (Å²) in [6, 6.07) is 4.83. The van der Waals surface area contributed by atoms with E-state index in [0.29, 0.717) is 6.04 Å². The van der Waals surface area contributed by atoms with E-state index in [0.717, 1.165) is 24.6 Å². The molecule has 2 heterocycles. The summed E-state index contributed by atoms with van der Waals surface area (Å²) in [7, 11) is 0. The monoisotopic (exact) mass is 247 g/mol. The highest BCUT2D eigenvalue weighted by atomic mass is 15.2. The molecule has 1 fully saturated rings. The molecule has 1 atom stereocenters. The van der Waals surface area contributed by atoms with Gasteiger partial charge in [0.1, 0.15) is 5.82 Å². The van der Waals surface area contributed by atoms with E-state index in [-0.39, 0.29) is 0 Å². The highest BCUT2D eigenvalue weighted by Gasteiger charge is 2.13. The Hall–Kier alpha value is -1.25. The standard InChI is InChI=1S/C15H25N3/c1-3-4-7-13(2)17-14-8-9-15(16-12-14)18-10-5-6-11-18/h8-9,12-13,17H,3-7,10-11H2,1-2H3. The minimum Gasteiger partial charge on any atom is -0.381 e. The molecule has 3 nitrogen and oxygen atoms in total. The first kappa shape index (κ1) is 13.2. The average Bonchev–Trinajstić information content (AvgIpc) is 2.91. The minimum absolute atomic E-state index is 0.532. The molecule has 1 aliphatic rings. The van der Waals surface area contributed by atoms with Gasteiger partial charge < -0.3 is 10.2 Å². The molecule has 1 aromatic heterocycles. The molecule has 18 heavy (non-hydrogen) atoms. The predicted octanol–water partition coefficient (Wildman–Crippen LogP) is 3.67. The zero-order valence-corrected chi connectivity index (χ0v) is 11.7. The molecule has 1 unspecified atom stereocenters. The van der Waals surface area contributed by atoms with E-state index < -0.39 is 0 Å². The van der Waals surface area contributed by atoms with Gasteiger partial charge in [-0.1, -0.05) is 19.8 Å². The smallest absolute Gasteiger partial charge is 0.128 e. The van der Waals surface area contributed by atoms with Gasteiger partial charge in [-0.15, -0.1) is 0 Å². The number of unbranched alkanes of at least 4 members (excludes halogenated alkanes) is 1. The van der Waals surface area contributed by atoms with Gasteiger partial charge in [0.25, 0.3) is 0 Å². The summed E-state index contributed by atoms with van der Waals surface area (Å²) < 4.78 is 0. The third kappa shape index (κ3) is 3.62. The summed E-state index contributed by atoms with van der Waals surface area (Å²) >= 11 is 0. The predicted molar refractivity (Wildman–Crippen MR) is 78.3 cm³/mol. The largest absolute Gasteiger partial charge is 0.381 e. The van der Waals surface area contributed by atoms with Gasteiger partial charge in [0.15, 0.2) is 0 Å². The van der Waals surface area contributed by atoms with Gasteiger partial charge in [0, 0.05) is 19.1 Å². The molecule has 1 saturated heterocycles. The third-order valence-electron chi connectivity index (χ3n) is 3.58. The first-order valence-electron chi connectivity index (χ1n) is 7.27. The van der Waals surface area contributed by atoms with Gasteiger partial charge in [-0.3, -0.25) is 0 Å². The molecule has 0 amide bonds. The van der Waals surface area contributed by atoms with Crippen LogP contribution >= 0.6 is 0 Å². The van der Waals surface area contributed by atoms with Crippen molar-refractivity contribution in [2.24, 2.45) is 0 Å². The molecular weight excluding hydrogens is 222 g/mol. The molecule has 3 heteroatoms. The Morgan fingerprint density at radius 3 is 2.72 bits per heavy atom. The van der Waals surface area contributed by atoms with Gasteiger partial charge >= 0.3 is 0 Å². The Balaban J connectivity index is 1.86. The summed E-state index contributed by atoms with van der Waals surface area (Å²) in [5.74, 6) is 1.12. The van der Waals surface area contributed by atoms with Gasteiger partial charge in [-0.25, -0.2) is 4.98 Å². The van der Waals surface area contributed by atoms with E-state index in [2.05, 4.69) is 41.2 Å². The molecule has 0 aromatic carbocycles. The van der Waals surface area contributed by atoms with E-state index in [1.807, 2.05) is 6.20 Å². The van der Waals surface area contributed by atoms with Crippen LogP contribution in [0.25, 0.3) is 0 Å². The quantitative estimate of drug-likeness (QED) is 0.831. The van der Waals surface area contributed by atoms with E-state index >= 15 is 0 Å². The number of hydrogen-bond donors (Lipinski definition) is 1. The lowest BCUT2D eigenvalue weighted by Gasteiger charge is -2.18. The van der Waals surface area contributed by atoms with Gasteiger partial charge in [0.05, 0.1) is 11.9 Å². The summed E-state index contributed by atoms with van der Waals surface area (Å²) in [5.41, 5.74) is 1.14. The molecule has 2 rings (SSSR count). The van der Waals surface area contributed by atoms with Crippen LogP contribution in [0.5, 0.6) is 0 Å². The SMILES string of the molecule is CCCCC(C)Nc1ccc(N2CCCC2)nc1. The van der Waals surface area contributed by atoms with Crippen LogP contribution in [-0.4, -0.2) is 24.1 Å². The molecule has 1 aliphatic heterocycles. The number of anilines is 2. The number of aromatic nitrogens is 1. The third-order valence-corrected chi connectivity index (χ3v) is 3.58. The molecule has 0 bridgehead atoms. The molecular formula is C15H25N3. The maximum absolute atomic E-state index is 4.56. The second-order valence-corrected chi connectivity index (χ2v) is 5.29. The number of nitrogens with zero attached hydrogens (tertiary/aromatic N) is 2. The van der Waals surface area contributed by atoms with Gasteiger partial charge in [-0.05, 0) is 38.3 Å². The van der Waals surface area contributed by atoms with Crippen molar-refractivity contribution in [1.29, 1.82) is 0 Å². The Morgan fingerprint density at radius 1 is 1.33 bits per heavy atom. The summed E-state index contributed by atoms with van der Waals surface area (Å²) in [4.78, 5) is 6.92. The van der Waals surface area contributed by atoms with Crippen LogP contribution in [0.15, 0.2) is 18.3 Å². The maximum atomic E-state index is 4.56. The van der Waals surface area contributed by atoms with Crippen molar-refractivity contribution in [3.63, 3.8) is 0 Å². The lowest BCUT2D eigenvalue weighted by atomic mass is 10.1. The molecule has 0 saturated carbocycles. The van der Waals surface area contributed by atoms with Crippen LogP contribution in [0.4, 0.5) is 11.5 Å². The van der Waals surface area contributed by atoms with Crippen LogP contribution in [0.2, 0.25) is 0 Å². The minimum atomic E-state index is 0.532. The number of hydrogen-bond acceptors (Lipinski definition) is 3. The number of nitrogens with one attached hydrogen (secondary N) is 1. The van der Waals surface area contributed by atoms with Crippen molar-refractivity contribution < 1.29 is 0 Å². The molecule has 0 spiro atoms. The maximum Gasteiger partial charge on any atom is 0.128 e. The van der Waals surface area contributed by atoms with Crippen molar-refractivity contribution in [3.05, 3.63) is 18.3 Å². The van der Waals surface area contributed by atoms with Crippen molar-refractivity contribution in [1.82, 2.24) is 4.98 Å². The zero-order chi connectivity index (χ0) is 12.8. The van der Waals surface area contributed by atoms with E-state index in [1.165, 1.54) is 32.1 Å². The van der Waals surface area contributed by atoms with Crippen LogP contribution < -0.4 is 10.2 Å². The van der Waals surface area contributed by atoms with Crippen LogP contribution in [-0.2, 0) is 0 Å². The van der Waals surface area contributed by atoms with Gasteiger partial charge in [-0.2, -0.15) is 0 Å². The second-order valence-electron chi connectivity index (χ2n) is 5.29. The van der Waals surface area contributed by atoms with Gasteiger partial charge in [0.2, 0.25) is 0 Å². The average molecular weight is 247 g/mol. The second kappa shape index (κ2) is 6.62. The molecule has 1 N–H and O–H groups in total. The first-order valence-corrected chi connectivity index (χ1v) is 7.27. The Bertz CT molecular complexity index is 341. The lowest BCUT2D eigenvalue weighted by molar-refractivity contribution is 0.645. The van der Waals surface area contributed by atoms with E-state index in [1.54, 1.807) is 0 Å². The Morgan fingerprint density at radius 2 is 2.11 bits per heavy atom. The molecule has 1 aromatic rings. The number of rotatable bonds is 6. The fourth-order valence-electron chi connectivity index (χ4n) is 2.47. The van der Waals surface area contributed by atoms with Crippen molar-refractivity contribution in [2.75, 3.05) is 23.3 Å². The van der Waals surface area contributed by atoms with Crippen LogP contribution in [0.1, 0.15) is 46.0 Å². The zero-order valence-electron chi connectivity index (χ0n) is 11.7. The highest BCUT2D eigenvalue weighted by molar-refractivity contribution is 5.49. The number of pyridine rings is 1. The van der Waals surface area contributed by atoms with Crippen molar-refractivity contribution in [2.45, 2.75) is 52.0 Å². The summed E-state index contributed by atoms with van der Waals surface area (Å²) in [6.07, 6.45) is 8.34. The summed E-state index contributed by atoms with van der Waals surface area (Å²) in [5, 5.41) is 3.51. The molecule has 0 radical (unpaired) electrons. The van der Waals surface area contributed by atoms with E-state index in [4.69, 9.17) is 0 Å². The lowest BCUT2D eigenvalue weighted by Crippen LogP contribution is -2.19. The fourth-order valence-corrected chi connectivity index (χ4v) is 2.47. The van der Waals surface area contributed by atoms with Crippen molar-refractivity contribution >= 4 is 11.5 Å². The van der Waals surface area contributed by atoms with Crippen LogP contribution in [0.3, 0.4) is 0 Å². The molecule has 100 valence electrons. The Labute approximate surface area is 111 Å². The normalized spacial score (nSPS) is 16.9. The highest BCUT2D eigenvalue weighted by Crippen LogP contribution is 2.19. The molecule has 0 aliphatic carbocycles. The summed E-state index contributed by atoms with van der Waals surface area (Å²) in [6.45, 7) is 6.79. The van der Waals surface area contributed by atoms with Crippen LogP contribution in [0, 0.1) is 0 Å². The first-order chi connectivity index (χ1) is 8.79. The fraction of sp³-hybridized carbons (Fsp3) is 0.667. The topological polar surface area (TPSA) is 28.2 Å². The van der Waals surface area contributed by atoms with Crippen molar-refractivity contribution in [3.8, 4) is 0 Å². The Kier molecular flexibility index (Phi) is 4.85. The van der Waals surface area contributed by atoms with E-state index in [9.17, 15) is 0 Å².